The SMILES string of the molecule is NCCC#Cc1cc2cc[nH]c2cc1Cl. The summed E-state index contributed by atoms with van der Waals surface area (Å²) in [5.41, 5.74) is 7.25. The van der Waals surface area contributed by atoms with Crippen LogP contribution in [-0.2, 0) is 0 Å². The van der Waals surface area contributed by atoms with Gasteiger partial charge in [0.2, 0.25) is 0 Å². The molecule has 0 bridgehead atoms. The fraction of sp³-hybridized carbons (Fsp3) is 0.167. The molecule has 0 unspecified atom stereocenters. The molecule has 2 nitrogen and oxygen atoms in total. The molecule has 0 saturated heterocycles. The van der Waals surface area contributed by atoms with Crippen molar-refractivity contribution in [2.45, 2.75) is 6.42 Å². The molecule has 1 aromatic carbocycles. The number of hydrogen-bond acceptors (Lipinski definition) is 1. The maximum atomic E-state index is 6.09. The predicted octanol–water partition coefficient (Wildman–Crippen LogP) is 2.52. The normalized spacial score (nSPS) is 10.0. The number of H-pyrrole nitrogens is 1. The van der Waals surface area contributed by atoms with Crippen LogP contribution < -0.4 is 5.73 Å². The Morgan fingerprint density at radius 1 is 1.40 bits per heavy atom. The maximum absolute atomic E-state index is 6.09. The van der Waals surface area contributed by atoms with E-state index in [2.05, 4.69) is 16.8 Å². The van der Waals surface area contributed by atoms with Crippen molar-refractivity contribution < 1.29 is 0 Å². The largest absolute Gasteiger partial charge is 0.361 e. The Hall–Kier alpha value is -1.43. The lowest BCUT2D eigenvalue weighted by atomic mass is 10.1. The van der Waals surface area contributed by atoms with Crippen molar-refractivity contribution in [2.75, 3.05) is 6.54 Å². The third kappa shape index (κ3) is 2.15. The number of hydrogen-bond donors (Lipinski definition) is 2. The van der Waals surface area contributed by atoms with E-state index in [1.165, 1.54) is 0 Å². The van der Waals surface area contributed by atoms with E-state index in [9.17, 15) is 0 Å². The van der Waals surface area contributed by atoms with Crippen molar-refractivity contribution >= 4 is 22.5 Å². The fourth-order valence-corrected chi connectivity index (χ4v) is 1.61. The summed E-state index contributed by atoms with van der Waals surface area (Å²) in [5.74, 6) is 6.00. The Morgan fingerprint density at radius 2 is 2.27 bits per heavy atom. The van der Waals surface area contributed by atoms with Crippen LogP contribution in [0, 0.1) is 11.8 Å². The summed E-state index contributed by atoms with van der Waals surface area (Å²) in [4.78, 5) is 3.10. The lowest BCUT2D eigenvalue weighted by molar-refractivity contribution is 1.03. The van der Waals surface area contributed by atoms with Crippen molar-refractivity contribution in [3.05, 3.63) is 35.0 Å². The van der Waals surface area contributed by atoms with Crippen LogP contribution >= 0.6 is 11.6 Å². The van der Waals surface area contributed by atoms with E-state index in [1.54, 1.807) is 0 Å². The molecule has 0 aliphatic heterocycles. The quantitative estimate of drug-likeness (QED) is 0.710. The first-order chi connectivity index (χ1) is 7.31. The second-order valence-electron chi connectivity index (χ2n) is 3.24. The summed E-state index contributed by atoms with van der Waals surface area (Å²) in [6.45, 7) is 0.580. The standard InChI is InChI=1S/C12H11ClN2/c13-11-8-12-10(4-6-15-12)7-9(11)3-1-2-5-14/h4,6-8,15H,2,5,14H2. The molecule has 0 radical (unpaired) electrons. The van der Waals surface area contributed by atoms with Crippen LogP contribution in [-0.4, -0.2) is 11.5 Å². The molecule has 15 heavy (non-hydrogen) atoms. The van der Waals surface area contributed by atoms with Crippen LogP contribution in [0.3, 0.4) is 0 Å². The molecular formula is C12H11ClN2. The molecule has 0 saturated carbocycles. The number of nitrogens with two attached hydrogens (primary N) is 1. The van der Waals surface area contributed by atoms with Crippen LogP contribution in [0.25, 0.3) is 10.9 Å². The van der Waals surface area contributed by atoms with Crippen LogP contribution in [0.1, 0.15) is 12.0 Å². The summed E-state index contributed by atoms with van der Waals surface area (Å²) in [7, 11) is 0. The third-order valence-electron chi connectivity index (χ3n) is 2.13. The second-order valence-corrected chi connectivity index (χ2v) is 3.64. The van der Waals surface area contributed by atoms with Gasteiger partial charge in [0, 0.05) is 35.6 Å². The molecule has 0 amide bonds. The van der Waals surface area contributed by atoms with Crippen LogP contribution in [0.2, 0.25) is 5.02 Å². The van der Waals surface area contributed by atoms with Gasteiger partial charge >= 0.3 is 0 Å². The smallest absolute Gasteiger partial charge is 0.0583 e. The summed E-state index contributed by atoms with van der Waals surface area (Å²) < 4.78 is 0. The Bertz CT molecular complexity index is 531. The van der Waals surface area contributed by atoms with E-state index < -0.39 is 0 Å². The minimum Gasteiger partial charge on any atom is -0.361 e. The van der Waals surface area contributed by atoms with E-state index in [1.807, 2.05) is 24.4 Å². The molecule has 0 spiro atoms. The molecule has 0 atom stereocenters. The van der Waals surface area contributed by atoms with E-state index in [4.69, 9.17) is 17.3 Å². The van der Waals surface area contributed by atoms with Crippen molar-refractivity contribution in [1.29, 1.82) is 0 Å². The zero-order valence-electron chi connectivity index (χ0n) is 8.18. The fourth-order valence-electron chi connectivity index (χ4n) is 1.40. The van der Waals surface area contributed by atoms with Gasteiger partial charge in [0.05, 0.1) is 5.02 Å². The maximum Gasteiger partial charge on any atom is 0.0583 e. The van der Waals surface area contributed by atoms with Crippen LogP contribution in [0.15, 0.2) is 24.4 Å². The van der Waals surface area contributed by atoms with Crippen molar-refractivity contribution in [3.8, 4) is 11.8 Å². The zero-order valence-corrected chi connectivity index (χ0v) is 8.93. The van der Waals surface area contributed by atoms with E-state index in [0.717, 1.165) is 16.5 Å². The Morgan fingerprint density at radius 3 is 3.07 bits per heavy atom. The highest BCUT2D eigenvalue weighted by Gasteiger charge is 2.00. The van der Waals surface area contributed by atoms with Gasteiger partial charge in [-0.3, -0.25) is 0 Å². The molecule has 1 heterocycles. The molecular weight excluding hydrogens is 208 g/mol. The molecule has 2 aromatic rings. The summed E-state index contributed by atoms with van der Waals surface area (Å²) in [6.07, 6.45) is 2.58. The number of fused-ring (bicyclic) bond motifs is 1. The van der Waals surface area contributed by atoms with Crippen LogP contribution in [0.4, 0.5) is 0 Å². The molecule has 3 N–H and O–H groups in total. The molecule has 0 aliphatic rings. The summed E-state index contributed by atoms with van der Waals surface area (Å²) in [5, 5.41) is 1.80. The lowest BCUT2D eigenvalue weighted by Crippen LogP contribution is -1.95. The van der Waals surface area contributed by atoms with E-state index >= 15 is 0 Å². The van der Waals surface area contributed by atoms with Crippen molar-refractivity contribution in [1.82, 2.24) is 4.98 Å². The van der Waals surface area contributed by atoms with Gasteiger partial charge < -0.3 is 10.7 Å². The second kappa shape index (κ2) is 4.39. The van der Waals surface area contributed by atoms with Gasteiger partial charge in [-0.05, 0) is 18.2 Å². The first kappa shape index (κ1) is 10.1. The lowest BCUT2D eigenvalue weighted by Gasteiger charge is -1.96. The van der Waals surface area contributed by atoms with Gasteiger partial charge in [-0.25, -0.2) is 0 Å². The zero-order chi connectivity index (χ0) is 10.7. The monoisotopic (exact) mass is 218 g/mol. The molecule has 2 rings (SSSR count). The molecule has 1 aromatic heterocycles. The number of aromatic nitrogens is 1. The number of nitrogens with one attached hydrogen (secondary N) is 1. The van der Waals surface area contributed by atoms with Crippen molar-refractivity contribution in [2.24, 2.45) is 5.73 Å². The average molecular weight is 219 g/mol. The Balaban J connectivity index is 2.43. The highest BCUT2D eigenvalue weighted by molar-refractivity contribution is 6.32. The number of benzene rings is 1. The van der Waals surface area contributed by atoms with Gasteiger partial charge in [0.25, 0.3) is 0 Å². The molecule has 0 fully saturated rings. The van der Waals surface area contributed by atoms with Gasteiger partial charge in [-0.1, -0.05) is 23.4 Å². The predicted molar refractivity (Wildman–Crippen MR) is 63.9 cm³/mol. The number of rotatable bonds is 1. The van der Waals surface area contributed by atoms with E-state index in [0.29, 0.717) is 18.0 Å². The minimum atomic E-state index is 0.580. The van der Waals surface area contributed by atoms with E-state index in [-0.39, 0.29) is 0 Å². The van der Waals surface area contributed by atoms with Gasteiger partial charge in [0.1, 0.15) is 0 Å². The third-order valence-corrected chi connectivity index (χ3v) is 2.45. The minimum absolute atomic E-state index is 0.580. The highest BCUT2D eigenvalue weighted by Crippen LogP contribution is 2.22. The van der Waals surface area contributed by atoms with Gasteiger partial charge in [0.15, 0.2) is 0 Å². The first-order valence-corrected chi connectivity index (χ1v) is 5.14. The first-order valence-electron chi connectivity index (χ1n) is 4.77. The van der Waals surface area contributed by atoms with Gasteiger partial charge in [-0.15, -0.1) is 0 Å². The van der Waals surface area contributed by atoms with Crippen LogP contribution in [0.5, 0.6) is 0 Å². The molecule has 0 aliphatic carbocycles. The van der Waals surface area contributed by atoms with Gasteiger partial charge in [-0.2, -0.15) is 0 Å². The number of aromatic amines is 1. The Labute approximate surface area is 93.4 Å². The number of halogens is 1. The topological polar surface area (TPSA) is 41.8 Å². The Kier molecular flexibility index (Phi) is 2.96. The summed E-state index contributed by atoms with van der Waals surface area (Å²) >= 11 is 6.09. The van der Waals surface area contributed by atoms with Crippen molar-refractivity contribution in [3.63, 3.8) is 0 Å². The molecule has 76 valence electrons. The highest BCUT2D eigenvalue weighted by atomic mass is 35.5. The molecule has 3 heteroatoms. The summed E-state index contributed by atoms with van der Waals surface area (Å²) in [6, 6.07) is 5.88. The average Bonchev–Trinajstić information content (AvgIpc) is 2.65.